The first-order valence-electron chi connectivity index (χ1n) is 6.54. The molecule has 0 amide bonds. The lowest BCUT2D eigenvalue weighted by Crippen LogP contribution is -2.11. The summed E-state index contributed by atoms with van der Waals surface area (Å²) in [6.45, 7) is 7.60. The fourth-order valence-corrected chi connectivity index (χ4v) is 2.00. The molecule has 0 aromatic carbocycles. The fraction of sp³-hybridized carbons (Fsp3) is 0.615. The molecular weight excluding hydrogens is 278 g/mol. The number of nitrogens with zero attached hydrogens (tertiary/aromatic N) is 2. The quantitative estimate of drug-likeness (QED) is 0.340. The van der Waals surface area contributed by atoms with Gasteiger partial charge in [-0.3, -0.25) is 0 Å². The maximum absolute atomic E-state index is 11.5. The molecule has 0 atom stereocenters. The molecule has 0 aliphatic rings. The van der Waals surface area contributed by atoms with Gasteiger partial charge in [-0.05, 0) is 12.8 Å². The largest absolute Gasteiger partial charge is 0.462 e. The maximum atomic E-state index is 11.5. The van der Waals surface area contributed by atoms with Gasteiger partial charge in [0.2, 0.25) is 0 Å². The van der Waals surface area contributed by atoms with E-state index in [-0.39, 0.29) is 11.4 Å². The lowest BCUT2D eigenvalue weighted by atomic mass is 10.2. The number of esters is 1. The zero-order valence-electron chi connectivity index (χ0n) is 12.1. The molecule has 112 valence electrons. The Labute approximate surface area is 123 Å². The first-order valence-corrected chi connectivity index (χ1v) is 7.53. The molecule has 0 bridgehead atoms. The van der Waals surface area contributed by atoms with Crippen molar-refractivity contribution in [2.75, 3.05) is 31.3 Å². The summed E-state index contributed by atoms with van der Waals surface area (Å²) in [7, 11) is 0. The molecule has 0 unspecified atom stereocenters. The lowest BCUT2D eigenvalue weighted by molar-refractivity contribution is 0.0526. The highest BCUT2D eigenvalue weighted by Crippen LogP contribution is 2.16. The minimum atomic E-state index is -0.498. The topological polar surface area (TPSA) is 87.3 Å². The molecule has 1 aromatic heterocycles. The summed E-state index contributed by atoms with van der Waals surface area (Å²) < 4.78 is 10.3. The van der Waals surface area contributed by atoms with E-state index in [0.717, 1.165) is 12.4 Å². The average Bonchev–Trinajstić information content (AvgIpc) is 2.38. The Kier molecular flexibility index (Phi) is 7.32. The predicted molar refractivity (Wildman–Crippen MR) is 78.8 cm³/mol. The summed E-state index contributed by atoms with van der Waals surface area (Å²) in [6.07, 6.45) is 1.40. The molecule has 20 heavy (non-hydrogen) atoms. The minimum absolute atomic E-state index is 0.143. The van der Waals surface area contributed by atoms with Crippen molar-refractivity contribution < 1.29 is 14.3 Å². The van der Waals surface area contributed by atoms with Crippen LogP contribution in [0.4, 0.5) is 5.82 Å². The standard InChI is InChI=1S/C13H21N3O3S/c1-4-19-12(17)10-7-15-13(16-11(10)14)20-6-5-18-8-9(2)3/h7,9H,4-6,8H2,1-3H3,(H2,14,15,16). The highest BCUT2D eigenvalue weighted by Gasteiger charge is 2.13. The number of rotatable bonds is 8. The third-order valence-corrected chi connectivity index (χ3v) is 3.03. The van der Waals surface area contributed by atoms with E-state index in [1.165, 1.54) is 18.0 Å². The van der Waals surface area contributed by atoms with E-state index in [1.54, 1.807) is 6.92 Å². The number of thioether (sulfide) groups is 1. The molecule has 0 spiro atoms. The lowest BCUT2D eigenvalue weighted by Gasteiger charge is -2.07. The molecule has 0 saturated heterocycles. The van der Waals surface area contributed by atoms with Gasteiger partial charge in [-0.25, -0.2) is 14.8 Å². The third-order valence-electron chi connectivity index (χ3n) is 2.20. The van der Waals surface area contributed by atoms with Crippen molar-refractivity contribution in [3.8, 4) is 0 Å². The second-order valence-corrected chi connectivity index (χ2v) is 5.55. The average molecular weight is 299 g/mol. The van der Waals surface area contributed by atoms with E-state index in [0.29, 0.717) is 24.3 Å². The van der Waals surface area contributed by atoms with Crippen molar-refractivity contribution in [1.29, 1.82) is 0 Å². The molecule has 0 aliphatic carbocycles. The minimum Gasteiger partial charge on any atom is -0.462 e. The summed E-state index contributed by atoms with van der Waals surface area (Å²) in [5.74, 6) is 0.909. The molecule has 0 aliphatic heterocycles. The molecule has 0 saturated carbocycles. The van der Waals surface area contributed by atoms with Gasteiger partial charge in [0.1, 0.15) is 11.4 Å². The number of nitrogen functional groups attached to an aromatic ring is 1. The van der Waals surface area contributed by atoms with Gasteiger partial charge in [-0.15, -0.1) is 0 Å². The van der Waals surface area contributed by atoms with Gasteiger partial charge in [0, 0.05) is 18.6 Å². The van der Waals surface area contributed by atoms with Crippen LogP contribution >= 0.6 is 11.8 Å². The number of aromatic nitrogens is 2. The van der Waals surface area contributed by atoms with Crippen molar-refractivity contribution in [1.82, 2.24) is 9.97 Å². The van der Waals surface area contributed by atoms with E-state index < -0.39 is 5.97 Å². The molecule has 0 radical (unpaired) electrons. The van der Waals surface area contributed by atoms with Crippen LogP contribution in [-0.4, -0.2) is 41.5 Å². The van der Waals surface area contributed by atoms with E-state index in [1.807, 2.05) is 0 Å². The number of hydrogen-bond donors (Lipinski definition) is 1. The Balaban J connectivity index is 2.45. The molecular formula is C13H21N3O3S. The molecule has 1 heterocycles. The van der Waals surface area contributed by atoms with Gasteiger partial charge < -0.3 is 15.2 Å². The monoisotopic (exact) mass is 299 g/mol. The summed E-state index contributed by atoms with van der Waals surface area (Å²) in [6, 6.07) is 0. The van der Waals surface area contributed by atoms with Crippen LogP contribution < -0.4 is 5.73 Å². The van der Waals surface area contributed by atoms with Crippen molar-refractivity contribution in [3.63, 3.8) is 0 Å². The third kappa shape index (κ3) is 5.75. The van der Waals surface area contributed by atoms with Crippen LogP contribution in [0.25, 0.3) is 0 Å². The van der Waals surface area contributed by atoms with Gasteiger partial charge in [0.15, 0.2) is 5.16 Å². The Morgan fingerprint density at radius 1 is 1.50 bits per heavy atom. The smallest absolute Gasteiger partial charge is 0.343 e. The molecule has 0 fully saturated rings. The number of nitrogens with two attached hydrogens (primary N) is 1. The maximum Gasteiger partial charge on any atom is 0.343 e. The Morgan fingerprint density at radius 3 is 2.85 bits per heavy atom. The Morgan fingerprint density at radius 2 is 2.25 bits per heavy atom. The fourth-order valence-electron chi connectivity index (χ4n) is 1.32. The number of anilines is 1. The van der Waals surface area contributed by atoms with E-state index in [2.05, 4.69) is 23.8 Å². The first-order chi connectivity index (χ1) is 9.54. The van der Waals surface area contributed by atoms with Crippen LogP contribution in [0.5, 0.6) is 0 Å². The Hall–Kier alpha value is -1.34. The second-order valence-electron chi connectivity index (χ2n) is 4.49. The van der Waals surface area contributed by atoms with E-state index in [9.17, 15) is 4.79 Å². The number of carbonyl (C=O) groups excluding carboxylic acids is 1. The molecule has 1 aromatic rings. The van der Waals surface area contributed by atoms with Crippen LogP contribution in [0.1, 0.15) is 31.1 Å². The van der Waals surface area contributed by atoms with Gasteiger partial charge in [-0.1, -0.05) is 25.6 Å². The summed E-state index contributed by atoms with van der Waals surface area (Å²) in [5.41, 5.74) is 5.93. The van der Waals surface area contributed by atoms with Crippen LogP contribution in [0.2, 0.25) is 0 Å². The summed E-state index contributed by atoms with van der Waals surface area (Å²) in [4.78, 5) is 19.7. The predicted octanol–water partition coefficient (Wildman–Crippen LogP) is 2.00. The van der Waals surface area contributed by atoms with Crippen LogP contribution in [0.15, 0.2) is 11.4 Å². The van der Waals surface area contributed by atoms with Crippen molar-refractivity contribution >= 4 is 23.5 Å². The van der Waals surface area contributed by atoms with E-state index in [4.69, 9.17) is 15.2 Å². The number of hydrogen-bond acceptors (Lipinski definition) is 7. The van der Waals surface area contributed by atoms with Crippen LogP contribution in [0.3, 0.4) is 0 Å². The SMILES string of the molecule is CCOC(=O)c1cnc(SCCOCC(C)C)nc1N. The number of carbonyl (C=O) groups is 1. The summed E-state index contributed by atoms with van der Waals surface area (Å²) >= 11 is 1.44. The highest BCUT2D eigenvalue weighted by molar-refractivity contribution is 7.99. The van der Waals surface area contributed by atoms with Gasteiger partial charge >= 0.3 is 5.97 Å². The number of ether oxygens (including phenoxy) is 2. The molecule has 6 nitrogen and oxygen atoms in total. The van der Waals surface area contributed by atoms with Crippen molar-refractivity contribution in [3.05, 3.63) is 11.8 Å². The highest BCUT2D eigenvalue weighted by atomic mass is 32.2. The summed E-state index contributed by atoms with van der Waals surface area (Å²) in [5, 5.41) is 0.531. The zero-order chi connectivity index (χ0) is 15.0. The molecule has 1 rings (SSSR count). The van der Waals surface area contributed by atoms with E-state index >= 15 is 0 Å². The van der Waals surface area contributed by atoms with Gasteiger partial charge in [0.05, 0.1) is 13.2 Å². The Bertz CT molecular complexity index is 441. The molecule has 2 N–H and O–H groups in total. The van der Waals surface area contributed by atoms with Crippen molar-refractivity contribution in [2.24, 2.45) is 5.92 Å². The molecule has 7 heteroatoms. The van der Waals surface area contributed by atoms with Crippen molar-refractivity contribution in [2.45, 2.75) is 25.9 Å². The van der Waals surface area contributed by atoms with Crippen LogP contribution in [0, 0.1) is 5.92 Å². The first kappa shape index (κ1) is 16.7. The van der Waals surface area contributed by atoms with Gasteiger partial charge in [0.25, 0.3) is 0 Å². The normalized spacial score (nSPS) is 10.8. The van der Waals surface area contributed by atoms with Crippen LogP contribution in [-0.2, 0) is 9.47 Å². The zero-order valence-corrected chi connectivity index (χ0v) is 12.9. The van der Waals surface area contributed by atoms with Gasteiger partial charge in [-0.2, -0.15) is 0 Å². The second kappa shape index (κ2) is 8.76.